The van der Waals surface area contributed by atoms with Gasteiger partial charge in [0, 0.05) is 63.4 Å². The number of aromatic nitrogens is 2. The lowest BCUT2D eigenvalue weighted by Gasteiger charge is -2.34. The van der Waals surface area contributed by atoms with E-state index in [4.69, 9.17) is 10.5 Å². The summed E-state index contributed by atoms with van der Waals surface area (Å²) in [7, 11) is 0. The molecule has 0 aliphatic carbocycles. The molecule has 1 aromatic heterocycles. The first-order valence-corrected chi connectivity index (χ1v) is 10.9. The van der Waals surface area contributed by atoms with Gasteiger partial charge in [-0.05, 0) is 36.8 Å². The first-order chi connectivity index (χ1) is 15.8. The Morgan fingerprint density at radius 3 is 2.47 bits per heavy atom. The normalized spacial score (nSPS) is 14.9. The number of aliphatic imine (C=N–C) groups is 1. The zero-order valence-corrected chi connectivity index (χ0v) is 18.1. The number of hydrogen-bond acceptors (Lipinski definition) is 6. The molecule has 1 fully saturated rings. The molecule has 0 saturated carbocycles. The van der Waals surface area contributed by atoms with Crippen LogP contribution in [0.3, 0.4) is 0 Å². The minimum Gasteiger partial charge on any atom is -0.457 e. The molecule has 4 rings (SSSR count). The van der Waals surface area contributed by atoms with Crippen LogP contribution >= 0.6 is 0 Å². The summed E-state index contributed by atoms with van der Waals surface area (Å²) < 4.78 is 5.86. The third-order valence-corrected chi connectivity index (χ3v) is 5.21. The molecule has 0 spiro atoms. The van der Waals surface area contributed by atoms with Crippen LogP contribution in [0.5, 0.6) is 11.5 Å². The summed E-state index contributed by atoms with van der Waals surface area (Å²) >= 11 is 0. The quantitative estimate of drug-likeness (QED) is 0.321. The van der Waals surface area contributed by atoms with Gasteiger partial charge in [0.05, 0.1) is 0 Å². The summed E-state index contributed by atoms with van der Waals surface area (Å²) in [5.74, 6) is 2.76. The van der Waals surface area contributed by atoms with Crippen molar-refractivity contribution in [1.82, 2.24) is 14.9 Å². The molecule has 1 saturated heterocycles. The summed E-state index contributed by atoms with van der Waals surface area (Å²) in [4.78, 5) is 17.8. The van der Waals surface area contributed by atoms with Crippen LogP contribution in [0.25, 0.3) is 0 Å². The molecule has 2 heterocycles. The van der Waals surface area contributed by atoms with Crippen molar-refractivity contribution in [3.05, 3.63) is 73.1 Å². The molecule has 3 N–H and O–H groups in total. The highest BCUT2D eigenvalue weighted by Crippen LogP contribution is 2.23. The van der Waals surface area contributed by atoms with Gasteiger partial charge in [-0.1, -0.05) is 24.3 Å². The molecule has 0 amide bonds. The fourth-order valence-corrected chi connectivity index (χ4v) is 3.57. The zero-order valence-electron chi connectivity index (χ0n) is 18.1. The molecule has 0 radical (unpaired) electrons. The van der Waals surface area contributed by atoms with Crippen LogP contribution in [-0.4, -0.2) is 60.1 Å². The molecule has 8 nitrogen and oxygen atoms in total. The van der Waals surface area contributed by atoms with Gasteiger partial charge < -0.3 is 20.7 Å². The number of nitrogens with two attached hydrogens (primary N) is 1. The Morgan fingerprint density at radius 1 is 0.938 bits per heavy atom. The van der Waals surface area contributed by atoms with Crippen molar-refractivity contribution >= 4 is 17.6 Å². The van der Waals surface area contributed by atoms with Crippen molar-refractivity contribution in [2.45, 2.75) is 6.42 Å². The van der Waals surface area contributed by atoms with E-state index in [1.807, 2.05) is 60.7 Å². The number of nitrogens with one attached hydrogen (secondary N) is 1. The monoisotopic (exact) mass is 431 g/mol. The lowest BCUT2D eigenvalue weighted by molar-refractivity contribution is 0.255. The Hall–Kier alpha value is -3.65. The van der Waals surface area contributed by atoms with E-state index in [1.54, 1.807) is 12.4 Å². The number of hydrogen-bond donors (Lipinski definition) is 2. The molecule has 1 aliphatic rings. The van der Waals surface area contributed by atoms with Crippen LogP contribution in [0.1, 0.15) is 6.42 Å². The van der Waals surface area contributed by atoms with Gasteiger partial charge >= 0.3 is 0 Å². The maximum atomic E-state index is 6.07. The molecular formula is C24H29N7O. The SMILES string of the molecule is NC(=NCCCN1CCN(c2ncccn2)CC1)Nc1cccc(Oc2ccccc2)c1. The highest BCUT2D eigenvalue weighted by atomic mass is 16.5. The van der Waals surface area contributed by atoms with Gasteiger partial charge in [0.15, 0.2) is 5.96 Å². The fraction of sp³-hybridized carbons (Fsp3) is 0.292. The molecule has 1 aliphatic heterocycles. The molecule has 3 aromatic rings. The predicted molar refractivity (Wildman–Crippen MR) is 128 cm³/mol. The number of para-hydroxylation sites is 1. The number of ether oxygens (including phenoxy) is 1. The van der Waals surface area contributed by atoms with Gasteiger partial charge in [-0.15, -0.1) is 0 Å². The number of benzene rings is 2. The molecule has 0 unspecified atom stereocenters. The third-order valence-electron chi connectivity index (χ3n) is 5.21. The van der Waals surface area contributed by atoms with E-state index in [-0.39, 0.29) is 0 Å². The van der Waals surface area contributed by atoms with Crippen molar-refractivity contribution in [1.29, 1.82) is 0 Å². The second kappa shape index (κ2) is 11.1. The summed E-state index contributed by atoms with van der Waals surface area (Å²) in [6, 6.07) is 19.2. The molecule has 166 valence electrons. The summed E-state index contributed by atoms with van der Waals surface area (Å²) in [5, 5.41) is 3.14. The van der Waals surface area contributed by atoms with Crippen molar-refractivity contribution in [3.63, 3.8) is 0 Å². The first kappa shape index (κ1) is 21.6. The maximum Gasteiger partial charge on any atom is 0.225 e. The van der Waals surface area contributed by atoms with Gasteiger partial charge in [0.1, 0.15) is 11.5 Å². The van der Waals surface area contributed by atoms with Crippen molar-refractivity contribution < 1.29 is 4.74 Å². The van der Waals surface area contributed by atoms with E-state index in [0.717, 1.165) is 62.3 Å². The maximum absolute atomic E-state index is 6.07. The van der Waals surface area contributed by atoms with Crippen LogP contribution in [0.2, 0.25) is 0 Å². The van der Waals surface area contributed by atoms with E-state index < -0.39 is 0 Å². The van der Waals surface area contributed by atoms with Gasteiger partial charge in [-0.25, -0.2) is 9.97 Å². The van der Waals surface area contributed by atoms with E-state index in [9.17, 15) is 0 Å². The van der Waals surface area contributed by atoms with Gasteiger partial charge in [-0.2, -0.15) is 0 Å². The Labute approximate surface area is 188 Å². The molecule has 8 heteroatoms. The van der Waals surface area contributed by atoms with Gasteiger partial charge in [0.2, 0.25) is 5.95 Å². The van der Waals surface area contributed by atoms with Crippen LogP contribution in [0.15, 0.2) is 78.0 Å². The summed E-state index contributed by atoms with van der Waals surface area (Å²) in [6.45, 7) is 5.58. The summed E-state index contributed by atoms with van der Waals surface area (Å²) in [6.07, 6.45) is 4.54. The second-order valence-electron chi connectivity index (χ2n) is 7.57. The standard InChI is InChI=1S/C24H29N7O/c25-23(29-20-7-4-10-22(19-20)32-21-8-2-1-3-9-21)26-13-6-14-30-15-17-31(18-16-30)24-27-11-5-12-28-24/h1-5,7-12,19H,6,13-18H2,(H3,25,26,29). The fourth-order valence-electron chi connectivity index (χ4n) is 3.57. The van der Waals surface area contributed by atoms with Gasteiger partial charge in [-0.3, -0.25) is 9.89 Å². The number of rotatable bonds is 8. The van der Waals surface area contributed by atoms with E-state index in [1.165, 1.54) is 0 Å². The molecule has 0 bridgehead atoms. The third kappa shape index (κ3) is 6.42. The van der Waals surface area contributed by atoms with E-state index in [2.05, 4.69) is 30.1 Å². The average molecular weight is 432 g/mol. The minimum absolute atomic E-state index is 0.410. The van der Waals surface area contributed by atoms with Crippen LogP contribution < -0.4 is 20.7 Å². The lowest BCUT2D eigenvalue weighted by Crippen LogP contribution is -2.47. The largest absolute Gasteiger partial charge is 0.457 e. The Bertz CT molecular complexity index is 989. The minimum atomic E-state index is 0.410. The number of guanidine groups is 1. The predicted octanol–water partition coefficient (Wildman–Crippen LogP) is 3.21. The van der Waals surface area contributed by atoms with Gasteiger partial charge in [0.25, 0.3) is 0 Å². The second-order valence-corrected chi connectivity index (χ2v) is 7.57. The number of anilines is 2. The molecule has 32 heavy (non-hydrogen) atoms. The van der Waals surface area contributed by atoms with Crippen molar-refractivity contribution in [2.24, 2.45) is 10.7 Å². The highest BCUT2D eigenvalue weighted by Gasteiger charge is 2.18. The van der Waals surface area contributed by atoms with E-state index >= 15 is 0 Å². The lowest BCUT2D eigenvalue weighted by atomic mass is 10.3. The zero-order chi connectivity index (χ0) is 22.0. The molecule has 0 atom stereocenters. The van der Waals surface area contributed by atoms with Crippen LogP contribution in [-0.2, 0) is 0 Å². The van der Waals surface area contributed by atoms with E-state index in [0.29, 0.717) is 12.5 Å². The smallest absolute Gasteiger partial charge is 0.225 e. The first-order valence-electron chi connectivity index (χ1n) is 10.9. The average Bonchev–Trinajstić information content (AvgIpc) is 2.84. The molecule has 2 aromatic carbocycles. The molecular weight excluding hydrogens is 402 g/mol. The number of nitrogens with zero attached hydrogens (tertiary/aromatic N) is 5. The van der Waals surface area contributed by atoms with Crippen LogP contribution in [0, 0.1) is 0 Å². The Kier molecular flexibility index (Phi) is 7.49. The summed E-state index contributed by atoms with van der Waals surface area (Å²) in [5.41, 5.74) is 6.92. The Balaban J connectivity index is 1.18. The van der Waals surface area contributed by atoms with Crippen LogP contribution in [0.4, 0.5) is 11.6 Å². The number of piperazine rings is 1. The topological polar surface area (TPSA) is 91.9 Å². The Morgan fingerprint density at radius 2 is 1.69 bits per heavy atom. The highest BCUT2D eigenvalue weighted by molar-refractivity contribution is 5.92. The van der Waals surface area contributed by atoms with Crippen molar-refractivity contribution in [2.75, 3.05) is 49.5 Å². The van der Waals surface area contributed by atoms with Crippen molar-refractivity contribution in [3.8, 4) is 11.5 Å².